The molecule has 1 aliphatic rings. The summed E-state index contributed by atoms with van der Waals surface area (Å²) >= 11 is 0. The monoisotopic (exact) mass is 250 g/mol. The Balaban J connectivity index is 2.19. The molecule has 0 bridgehead atoms. The van der Waals surface area contributed by atoms with Crippen molar-refractivity contribution in [3.63, 3.8) is 0 Å². The summed E-state index contributed by atoms with van der Waals surface area (Å²) in [5.41, 5.74) is 1.51. The third-order valence-electron chi connectivity index (χ3n) is 3.06. The summed E-state index contributed by atoms with van der Waals surface area (Å²) in [5.74, 6) is -0.000883. The van der Waals surface area contributed by atoms with Gasteiger partial charge in [0.05, 0.1) is 5.71 Å². The first-order valence-corrected chi connectivity index (χ1v) is 5.93. The van der Waals surface area contributed by atoms with Crippen molar-refractivity contribution in [3.8, 4) is 0 Å². The summed E-state index contributed by atoms with van der Waals surface area (Å²) < 4.78 is 12.9. The molecule has 18 heavy (non-hydrogen) atoms. The highest BCUT2D eigenvalue weighted by Crippen LogP contribution is 2.30. The van der Waals surface area contributed by atoms with E-state index in [-0.39, 0.29) is 5.82 Å². The van der Waals surface area contributed by atoms with Crippen molar-refractivity contribution >= 4 is 11.8 Å². The fourth-order valence-corrected chi connectivity index (χ4v) is 1.80. The first kappa shape index (κ1) is 12.5. The molecule has 1 amide bonds. The summed E-state index contributed by atoms with van der Waals surface area (Å²) in [6.07, 6.45) is 2.58. The maximum absolute atomic E-state index is 12.9. The molecular weight excluding hydrogens is 235 g/mol. The Labute approximate surface area is 105 Å². The number of oxime groups is 1. The Hall–Kier alpha value is -1.91. The number of halogens is 1. The summed E-state index contributed by atoms with van der Waals surface area (Å²) in [7, 11) is 1.47. The third kappa shape index (κ3) is 2.85. The molecule has 0 aromatic heterocycles. The molecule has 1 saturated carbocycles. The molecular formula is C13H15FN2O2. The zero-order valence-electron chi connectivity index (χ0n) is 10.1. The predicted octanol–water partition coefficient (Wildman–Crippen LogP) is 2.69. The van der Waals surface area contributed by atoms with E-state index in [9.17, 15) is 9.18 Å². The minimum Gasteiger partial charge on any atom is -0.323 e. The average Bonchev–Trinajstić information content (AvgIpc) is 2.32. The van der Waals surface area contributed by atoms with Gasteiger partial charge < -0.3 is 5.32 Å². The molecule has 5 heteroatoms. The summed E-state index contributed by atoms with van der Waals surface area (Å²) in [4.78, 5) is 15.8. The first-order valence-electron chi connectivity index (χ1n) is 5.93. The molecule has 4 nitrogen and oxygen atoms in total. The van der Waals surface area contributed by atoms with Crippen LogP contribution < -0.4 is 5.32 Å². The van der Waals surface area contributed by atoms with E-state index in [0.717, 1.165) is 24.8 Å². The molecule has 0 aliphatic heterocycles. The molecule has 0 atom stereocenters. The Morgan fingerprint density at radius 1 is 1.39 bits per heavy atom. The van der Waals surface area contributed by atoms with Crippen LogP contribution in [0.3, 0.4) is 0 Å². The van der Waals surface area contributed by atoms with Crippen molar-refractivity contribution in [2.45, 2.75) is 19.3 Å². The van der Waals surface area contributed by atoms with Crippen LogP contribution in [0.5, 0.6) is 0 Å². The van der Waals surface area contributed by atoms with Gasteiger partial charge in [0.15, 0.2) is 0 Å². The molecule has 96 valence electrons. The van der Waals surface area contributed by atoms with Crippen molar-refractivity contribution in [2.24, 2.45) is 11.1 Å². The number of carbonyl (C=O) groups excluding carboxylic acids is 1. The molecule has 1 fully saturated rings. The van der Waals surface area contributed by atoms with Gasteiger partial charge in [0.1, 0.15) is 5.82 Å². The van der Waals surface area contributed by atoms with Crippen molar-refractivity contribution < 1.29 is 14.0 Å². The van der Waals surface area contributed by atoms with Gasteiger partial charge in [-0.15, -0.1) is 0 Å². The minimum atomic E-state index is -0.603. The highest BCUT2D eigenvalue weighted by molar-refractivity contribution is 6.02. The lowest BCUT2D eigenvalue weighted by molar-refractivity contribution is 0.151. The van der Waals surface area contributed by atoms with Gasteiger partial charge in [0.25, 0.3) is 0 Å². The molecule has 1 aromatic carbocycles. The Morgan fingerprint density at radius 3 is 2.56 bits per heavy atom. The van der Waals surface area contributed by atoms with Crippen molar-refractivity contribution in [1.82, 2.24) is 5.32 Å². The van der Waals surface area contributed by atoms with Crippen molar-refractivity contribution in [3.05, 3.63) is 35.6 Å². The van der Waals surface area contributed by atoms with E-state index < -0.39 is 6.09 Å². The number of nitrogens with zero attached hydrogens (tertiary/aromatic N) is 1. The van der Waals surface area contributed by atoms with Gasteiger partial charge in [0.2, 0.25) is 0 Å². The zero-order chi connectivity index (χ0) is 13.0. The van der Waals surface area contributed by atoms with Crippen LogP contribution in [0.15, 0.2) is 29.4 Å². The summed E-state index contributed by atoms with van der Waals surface area (Å²) in [5, 5.41) is 6.23. The zero-order valence-corrected chi connectivity index (χ0v) is 10.1. The van der Waals surface area contributed by atoms with Gasteiger partial charge in [-0.1, -0.05) is 23.7 Å². The molecule has 1 aromatic rings. The average molecular weight is 250 g/mol. The molecule has 1 N–H and O–H groups in total. The van der Waals surface area contributed by atoms with E-state index in [1.165, 1.54) is 19.2 Å². The SMILES string of the molecule is CNC(=O)O/N=C(/c1ccc(F)cc1)C1CCC1. The fourth-order valence-electron chi connectivity index (χ4n) is 1.80. The molecule has 0 spiro atoms. The number of carbonyl (C=O) groups is 1. The van der Waals surface area contributed by atoms with Crippen LogP contribution in [0.2, 0.25) is 0 Å². The lowest BCUT2D eigenvalue weighted by Crippen LogP contribution is -2.25. The lowest BCUT2D eigenvalue weighted by Gasteiger charge is -2.26. The smallest absolute Gasteiger partial charge is 0.323 e. The number of nitrogens with one attached hydrogen (secondary N) is 1. The normalized spacial score (nSPS) is 16.0. The van der Waals surface area contributed by atoms with Crippen LogP contribution in [0.25, 0.3) is 0 Å². The number of hydrogen-bond acceptors (Lipinski definition) is 3. The van der Waals surface area contributed by atoms with Gasteiger partial charge in [-0.2, -0.15) is 0 Å². The molecule has 0 radical (unpaired) electrons. The van der Waals surface area contributed by atoms with Gasteiger partial charge in [-0.05, 0) is 30.5 Å². The van der Waals surface area contributed by atoms with Crippen LogP contribution in [-0.2, 0) is 4.84 Å². The Kier molecular flexibility index (Phi) is 3.92. The number of benzene rings is 1. The predicted molar refractivity (Wildman–Crippen MR) is 65.8 cm³/mol. The number of rotatable bonds is 3. The highest BCUT2D eigenvalue weighted by Gasteiger charge is 2.25. The van der Waals surface area contributed by atoms with Crippen LogP contribution in [0.4, 0.5) is 9.18 Å². The standard InChI is InChI=1S/C13H15FN2O2/c1-15-13(17)18-16-12(9-3-2-4-9)10-5-7-11(14)8-6-10/h5-9H,2-4H2,1H3,(H,15,17)/b16-12+. The molecule has 1 aliphatic carbocycles. The number of amides is 1. The quantitative estimate of drug-likeness (QED) is 0.509. The first-order chi connectivity index (χ1) is 8.70. The largest absolute Gasteiger partial charge is 0.433 e. The Bertz CT molecular complexity index is 453. The lowest BCUT2D eigenvalue weighted by atomic mass is 9.79. The summed E-state index contributed by atoms with van der Waals surface area (Å²) in [6.45, 7) is 0. The van der Waals surface area contributed by atoms with E-state index in [2.05, 4.69) is 10.5 Å². The molecule has 0 unspecified atom stereocenters. The van der Waals surface area contributed by atoms with Crippen LogP contribution >= 0.6 is 0 Å². The van der Waals surface area contributed by atoms with Crippen molar-refractivity contribution in [1.29, 1.82) is 0 Å². The van der Waals surface area contributed by atoms with E-state index >= 15 is 0 Å². The van der Waals surface area contributed by atoms with Crippen LogP contribution in [0.1, 0.15) is 24.8 Å². The topological polar surface area (TPSA) is 50.7 Å². The van der Waals surface area contributed by atoms with Gasteiger partial charge in [-0.3, -0.25) is 4.84 Å². The van der Waals surface area contributed by atoms with Crippen LogP contribution in [-0.4, -0.2) is 18.9 Å². The van der Waals surface area contributed by atoms with Crippen LogP contribution in [0, 0.1) is 11.7 Å². The second kappa shape index (κ2) is 5.62. The van der Waals surface area contributed by atoms with Gasteiger partial charge in [-0.25, -0.2) is 9.18 Å². The second-order valence-corrected chi connectivity index (χ2v) is 4.24. The third-order valence-corrected chi connectivity index (χ3v) is 3.06. The van der Waals surface area contributed by atoms with Gasteiger partial charge >= 0.3 is 6.09 Å². The van der Waals surface area contributed by atoms with E-state index in [4.69, 9.17) is 4.84 Å². The van der Waals surface area contributed by atoms with Crippen molar-refractivity contribution in [2.75, 3.05) is 7.05 Å². The van der Waals surface area contributed by atoms with E-state index in [0.29, 0.717) is 11.6 Å². The van der Waals surface area contributed by atoms with Gasteiger partial charge in [0, 0.05) is 13.0 Å². The minimum absolute atomic E-state index is 0.292. The second-order valence-electron chi connectivity index (χ2n) is 4.24. The molecule has 0 heterocycles. The highest BCUT2D eigenvalue weighted by atomic mass is 19.1. The maximum atomic E-state index is 12.9. The number of hydrogen-bond donors (Lipinski definition) is 1. The molecule has 2 rings (SSSR count). The summed E-state index contributed by atoms with van der Waals surface area (Å²) in [6, 6.07) is 6.06. The maximum Gasteiger partial charge on any atom is 0.433 e. The van der Waals surface area contributed by atoms with E-state index in [1.807, 2.05) is 0 Å². The molecule has 0 saturated heterocycles. The van der Waals surface area contributed by atoms with E-state index in [1.54, 1.807) is 12.1 Å². The fraction of sp³-hybridized carbons (Fsp3) is 0.385. The Morgan fingerprint density at radius 2 is 2.06 bits per heavy atom.